The Kier molecular flexibility index (Phi) is 5.08. The van der Waals surface area contributed by atoms with Gasteiger partial charge >= 0.3 is 0 Å². The van der Waals surface area contributed by atoms with Crippen LogP contribution in [0, 0.1) is 6.92 Å². The lowest BCUT2D eigenvalue weighted by Crippen LogP contribution is -2.48. The van der Waals surface area contributed by atoms with Crippen molar-refractivity contribution in [1.29, 1.82) is 0 Å². The Morgan fingerprint density at radius 1 is 1.17 bits per heavy atom. The van der Waals surface area contributed by atoms with Gasteiger partial charge in [-0.2, -0.15) is 0 Å². The molecule has 30 heavy (non-hydrogen) atoms. The Bertz CT molecular complexity index is 1140. The van der Waals surface area contributed by atoms with Crippen LogP contribution in [0.2, 0.25) is 0 Å². The maximum atomic E-state index is 13.0. The second-order valence-electron chi connectivity index (χ2n) is 7.52. The van der Waals surface area contributed by atoms with Crippen LogP contribution in [0.1, 0.15) is 21.1 Å². The number of benzene rings is 1. The van der Waals surface area contributed by atoms with Gasteiger partial charge in [0.1, 0.15) is 0 Å². The highest BCUT2D eigenvalue weighted by molar-refractivity contribution is 8.15. The number of sulfonamides is 1. The number of aromatic nitrogens is 1. The summed E-state index contributed by atoms with van der Waals surface area (Å²) >= 11 is 2.98. The number of nitrogens with zero attached hydrogens (tertiary/aromatic N) is 5. The van der Waals surface area contributed by atoms with Crippen LogP contribution < -0.4 is 4.90 Å². The van der Waals surface area contributed by atoms with Crippen molar-refractivity contribution >= 4 is 49.9 Å². The second kappa shape index (κ2) is 7.63. The summed E-state index contributed by atoms with van der Waals surface area (Å²) < 4.78 is 27.4. The molecule has 0 N–H and O–H groups in total. The minimum absolute atomic E-state index is 0.0157. The Morgan fingerprint density at radius 2 is 1.97 bits per heavy atom. The first-order valence-electron chi connectivity index (χ1n) is 9.73. The van der Waals surface area contributed by atoms with E-state index in [1.165, 1.54) is 11.8 Å². The van der Waals surface area contributed by atoms with Crippen molar-refractivity contribution in [2.75, 3.05) is 43.4 Å². The first-order valence-corrected chi connectivity index (χ1v) is 13.0. The number of hydrogen-bond acceptors (Lipinski definition) is 8. The molecule has 11 heteroatoms. The molecule has 3 aliphatic heterocycles. The van der Waals surface area contributed by atoms with Crippen molar-refractivity contribution < 1.29 is 13.2 Å². The number of hydrogen-bond donors (Lipinski definition) is 0. The monoisotopic (exact) mass is 463 g/mol. The number of aryl methyl sites for hydroxylation is 1. The fourth-order valence-corrected chi connectivity index (χ4v) is 6.77. The molecule has 8 nitrogen and oxygen atoms in total. The first kappa shape index (κ1) is 20.0. The molecule has 1 fully saturated rings. The molecule has 0 atom stereocenters. The Hall–Kier alpha value is -1.95. The largest absolute Gasteiger partial charge is 0.336 e. The van der Waals surface area contributed by atoms with Gasteiger partial charge < -0.3 is 9.80 Å². The van der Waals surface area contributed by atoms with E-state index in [1.54, 1.807) is 11.3 Å². The van der Waals surface area contributed by atoms with Crippen LogP contribution in [0.4, 0.5) is 5.69 Å². The third-order valence-electron chi connectivity index (χ3n) is 5.43. The molecule has 1 aromatic heterocycles. The van der Waals surface area contributed by atoms with Crippen molar-refractivity contribution in [1.82, 2.24) is 14.8 Å². The summed E-state index contributed by atoms with van der Waals surface area (Å²) in [7, 11) is -3.38. The predicted molar refractivity (Wildman–Crippen MR) is 119 cm³/mol. The van der Waals surface area contributed by atoms with E-state index in [9.17, 15) is 13.2 Å². The van der Waals surface area contributed by atoms with Gasteiger partial charge in [0.2, 0.25) is 0 Å². The molecule has 0 aliphatic carbocycles. The molecular weight excluding hydrogens is 442 g/mol. The van der Waals surface area contributed by atoms with Crippen LogP contribution in [0.15, 0.2) is 32.9 Å². The lowest BCUT2D eigenvalue weighted by atomic mass is 10.1. The normalized spacial score (nSPS) is 20.6. The van der Waals surface area contributed by atoms with Gasteiger partial charge in [-0.1, -0.05) is 0 Å². The summed E-state index contributed by atoms with van der Waals surface area (Å²) in [5.74, 6) is 0.0315. The minimum Gasteiger partial charge on any atom is -0.336 e. The Balaban J connectivity index is 1.25. The highest BCUT2D eigenvalue weighted by atomic mass is 32.2. The minimum atomic E-state index is -3.38. The number of carbonyl (C=O) groups excluding carboxylic acids is 1. The summed E-state index contributed by atoms with van der Waals surface area (Å²) in [5.41, 5.74) is 2.65. The molecule has 0 radical (unpaired) electrons. The second-order valence-corrected chi connectivity index (χ2v) is 11.3. The van der Waals surface area contributed by atoms with Crippen LogP contribution in [-0.4, -0.2) is 72.8 Å². The maximum absolute atomic E-state index is 13.0. The highest BCUT2D eigenvalue weighted by Gasteiger charge is 2.34. The number of thioether (sulfide) groups is 1. The highest BCUT2D eigenvalue weighted by Crippen LogP contribution is 2.42. The molecule has 0 spiro atoms. The molecule has 1 amide bonds. The molecule has 3 aliphatic rings. The summed E-state index contributed by atoms with van der Waals surface area (Å²) in [5, 5.41) is 3.65. The number of rotatable bonds is 3. The van der Waals surface area contributed by atoms with E-state index in [1.807, 2.05) is 34.9 Å². The number of carbonyl (C=O) groups is 1. The van der Waals surface area contributed by atoms with Crippen LogP contribution >= 0.6 is 23.1 Å². The van der Waals surface area contributed by atoms with E-state index in [0.29, 0.717) is 30.4 Å². The SMILES string of the molecule is Cc1nc(CN2CCN(C(=O)c3ccc4c(c3)SC3=NS(=O)(=O)CCN34)CC2)cs1. The fourth-order valence-electron chi connectivity index (χ4n) is 3.87. The summed E-state index contributed by atoms with van der Waals surface area (Å²) in [6, 6.07) is 5.59. The van der Waals surface area contributed by atoms with Gasteiger partial charge in [0.25, 0.3) is 15.9 Å². The van der Waals surface area contributed by atoms with Crippen molar-refractivity contribution in [3.05, 3.63) is 39.8 Å². The molecular formula is C19H21N5O3S3. The number of amidine groups is 1. The zero-order valence-corrected chi connectivity index (χ0v) is 18.9. The molecule has 158 valence electrons. The summed E-state index contributed by atoms with van der Waals surface area (Å²) in [6.07, 6.45) is 0. The number of amides is 1. The van der Waals surface area contributed by atoms with Gasteiger partial charge in [-0.25, -0.2) is 13.4 Å². The van der Waals surface area contributed by atoms with E-state index in [0.717, 1.165) is 40.9 Å². The molecule has 2 aromatic rings. The van der Waals surface area contributed by atoms with Crippen molar-refractivity contribution in [2.24, 2.45) is 4.40 Å². The molecule has 4 heterocycles. The van der Waals surface area contributed by atoms with Crippen LogP contribution in [0.5, 0.6) is 0 Å². The summed E-state index contributed by atoms with van der Waals surface area (Å²) in [6.45, 7) is 6.25. The van der Waals surface area contributed by atoms with Gasteiger partial charge in [0.05, 0.1) is 22.1 Å². The third kappa shape index (κ3) is 3.86. The number of thiazole rings is 1. The summed E-state index contributed by atoms with van der Waals surface area (Å²) in [4.78, 5) is 24.6. The number of fused-ring (bicyclic) bond motifs is 3. The first-order chi connectivity index (χ1) is 14.4. The molecule has 0 unspecified atom stereocenters. The fraction of sp³-hybridized carbons (Fsp3) is 0.421. The molecule has 0 saturated carbocycles. The molecule has 0 bridgehead atoms. The topological polar surface area (TPSA) is 86.2 Å². The van der Waals surface area contributed by atoms with Crippen LogP contribution in [0.3, 0.4) is 0 Å². The lowest BCUT2D eigenvalue weighted by Gasteiger charge is -2.34. The number of piperazine rings is 1. The zero-order valence-electron chi connectivity index (χ0n) is 16.4. The smallest absolute Gasteiger partial charge is 0.257 e. The van der Waals surface area contributed by atoms with Gasteiger partial charge in [-0.3, -0.25) is 9.69 Å². The molecule has 5 rings (SSSR count). The van der Waals surface area contributed by atoms with Crippen molar-refractivity contribution in [2.45, 2.75) is 18.4 Å². The van der Waals surface area contributed by atoms with E-state index >= 15 is 0 Å². The van der Waals surface area contributed by atoms with Gasteiger partial charge in [-0.15, -0.1) is 15.7 Å². The Labute approximate surface area is 183 Å². The number of anilines is 1. The zero-order chi connectivity index (χ0) is 20.9. The predicted octanol–water partition coefficient (Wildman–Crippen LogP) is 2.02. The van der Waals surface area contributed by atoms with Gasteiger partial charge in [0, 0.05) is 55.1 Å². The average Bonchev–Trinajstić information content (AvgIpc) is 3.28. The van der Waals surface area contributed by atoms with Gasteiger partial charge in [-0.05, 0) is 36.9 Å². The van der Waals surface area contributed by atoms with E-state index in [-0.39, 0.29) is 11.7 Å². The average molecular weight is 464 g/mol. The standard InChI is InChI=1S/C19H21N5O3S3/c1-13-20-15(12-28-13)11-22-4-6-23(7-5-22)18(25)14-2-3-16-17(10-14)29-19-21-30(26,27)9-8-24(16)19/h2-3,10,12H,4-9,11H2,1H3. The lowest BCUT2D eigenvalue weighted by molar-refractivity contribution is 0.0627. The van der Waals surface area contributed by atoms with Crippen LogP contribution in [0.25, 0.3) is 0 Å². The van der Waals surface area contributed by atoms with E-state index < -0.39 is 10.0 Å². The van der Waals surface area contributed by atoms with Gasteiger partial charge in [0.15, 0.2) is 5.17 Å². The molecule has 1 saturated heterocycles. The van der Waals surface area contributed by atoms with Crippen LogP contribution in [-0.2, 0) is 16.6 Å². The van der Waals surface area contributed by atoms with E-state index in [2.05, 4.69) is 19.7 Å². The Morgan fingerprint density at radius 3 is 2.70 bits per heavy atom. The van der Waals surface area contributed by atoms with E-state index in [4.69, 9.17) is 0 Å². The quantitative estimate of drug-likeness (QED) is 0.688. The maximum Gasteiger partial charge on any atom is 0.257 e. The van der Waals surface area contributed by atoms with Crippen molar-refractivity contribution in [3.63, 3.8) is 0 Å². The third-order valence-corrected chi connectivity index (χ3v) is 8.56. The van der Waals surface area contributed by atoms with Crippen molar-refractivity contribution in [3.8, 4) is 0 Å². The molecule has 1 aromatic carbocycles.